The Morgan fingerprint density at radius 1 is 1.32 bits per heavy atom. The van der Waals surface area contributed by atoms with Crippen LogP contribution in [-0.4, -0.2) is 17.9 Å². The summed E-state index contributed by atoms with van der Waals surface area (Å²) in [6.07, 6.45) is 2.98. The van der Waals surface area contributed by atoms with Gasteiger partial charge in [0.2, 0.25) is 5.91 Å². The Bertz CT molecular complexity index is 594. The van der Waals surface area contributed by atoms with Gasteiger partial charge in [-0.2, -0.15) is 0 Å². The lowest BCUT2D eigenvalue weighted by molar-refractivity contribution is -0.111. The Labute approximate surface area is 112 Å². The molecule has 0 radical (unpaired) electrons. The summed E-state index contributed by atoms with van der Waals surface area (Å²) in [5.41, 5.74) is 3.45. The van der Waals surface area contributed by atoms with Crippen LogP contribution in [0.15, 0.2) is 55.3 Å². The molecule has 1 aromatic carbocycles. The van der Waals surface area contributed by atoms with Gasteiger partial charge < -0.3 is 10.6 Å². The van der Waals surface area contributed by atoms with E-state index in [9.17, 15) is 4.79 Å². The quantitative estimate of drug-likeness (QED) is 0.824. The number of aromatic nitrogens is 1. The van der Waals surface area contributed by atoms with Crippen LogP contribution < -0.4 is 10.6 Å². The summed E-state index contributed by atoms with van der Waals surface area (Å²) in [6, 6.07) is 11.3. The number of benzene rings is 1. The van der Waals surface area contributed by atoms with Gasteiger partial charge in [-0.25, -0.2) is 0 Å². The summed E-state index contributed by atoms with van der Waals surface area (Å²) in [5, 5.41) is 5.86. The molecule has 0 unspecified atom stereocenters. The van der Waals surface area contributed by atoms with Crippen molar-refractivity contribution in [1.82, 2.24) is 4.98 Å². The standard InChI is InChI=1S/C15H15N3O/c1-3-15(19)18-11-7-8-13(16-2)12(10-11)14-6-4-5-9-17-14/h3-10,16H,1H2,2H3,(H,18,19). The van der Waals surface area contributed by atoms with Crippen molar-refractivity contribution in [2.45, 2.75) is 0 Å². The lowest BCUT2D eigenvalue weighted by Crippen LogP contribution is -2.07. The molecule has 0 aliphatic carbocycles. The zero-order valence-electron chi connectivity index (χ0n) is 10.7. The molecule has 2 N–H and O–H groups in total. The van der Waals surface area contributed by atoms with Crippen LogP contribution in [0.2, 0.25) is 0 Å². The summed E-state index contributed by atoms with van der Waals surface area (Å²) < 4.78 is 0. The molecule has 0 aliphatic rings. The maximum atomic E-state index is 11.3. The number of hydrogen-bond acceptors (Lipinski definition) is 3. The number of amides is 1. The predicted octanol–water partition coefficient (Wildman–Crippen LogP) is 2.91. The second-order valence-corrected chi connectivity index (χ2v) is 3.92. The minimum atomic E-state index is -0.232. The lowest BCUT2D eigenvalue weighted by Gasteiger charge is -2.11. The van der Waals surface area contributed by atoms with Crippen molar-refractivity contribution in [3.05, 3.63) is 55.3 Å². The molecular formula is C15H15N3O. The van der Waals surface area contributed by atoms with Crippen molar-refractivity contribution in [3.63, 3.8) is 0 Å². The van der Waals surface area contributed by atoms with Crippen molar-refractivity contribution >= 4 is 17.3 Å². The van der Waals surface area contributed by atoms with E-state index in [-0.39, 0.29) is 5.91 Å². The van der Waals surface area contributed by atoms with E-state index in [4.69, 9.17) is 0 Å². The molecule has 1 amide bonds. The average molecular weight is 253 g/mol. The molecule has 1 aromatic heterocycles. The molecule has 0 saturated carbocycles. The van der Waals surface area contributed by atoms with Crippen LogP contribution in [-0.2, 0) is 4.79 Å². The maximum absolute atomic E-state index is 11.3. The zero-order chi connectivity index (χ0) is 13.7. The van der Waals surface area contributed by atoms with Gasteiger partial charge >= 0.3 is 0 Å². The lowest BCUT2D eigenvalue weighted by atomic mass is 10.1. The highest BCUT2D eigenvalue weighted by atomic mass is 16.1. The molecule has 2 aromatic rings. The Morgan fingerprint density at radius 3 is 2.79 bits per heavy atom. The van der Waals surface area contributed by atoms with Gasteiger partial charge in [-0.3, -0.25) is 9.78 Å². The van der Waals surface area contributed by atoms with Gasteiger partial charge in [0.15, 0.2) is 0 Å². The molecule has 96 valence electrons. The number of carbonyl (C=O) groups excluding carboxylic acids is 1. The van der Waals surface area contributed by atoms with E-state index in [0.717, 1.165) is 16.9 Å². The molecule has 0 aliphatic heterocycles. The van der Waals surface area contributed by atoms with E-state index in [1.54, 1.807) is 6.20 Å². The Balaban J connectivity index is 2.43. The van der Waals surface area contributed by atoms with Crippen LogP contribution in [0.3, 0.4) is 0 Å². The van der Waals surface area contributed by atoms with Crippen LogP contribution in [0.1, 0.15) is 0 Å². The summed E-state index contributed by atoms with van der Waals surface area (Å²) >= 11 is 0. The Hall–Kier alpha value is -2.62. The van der Waals surface area contributed by atoms with Gasteiger partial charge in [-0.05, 0) is 36.4 Å². The number of anilines is 2. The van der Waals surface area contributed by atoms with Crippen molar-refractivity contribution in [1.29, 1.82) is 0 Å². The fourth-order valence-corrected chi connectivity index (χ4v) is 1.77. The second-order valence-electron chi connectivity index (χ2n) is 3.92. The van der Waals surface area contributed by atoms with Crippen molar-refractivity contribution in [2.24, 2.45) is 0 Å². The zero-order valence-corrected chi connectivity index (χ0v) is 10.7. The third kappa shape index (κ3) is 2.98. The number of hydrogen-bond donors (Lipinski definition) is 2. The van der Waals surface area contributed by atoms with E-state index in [1.165, 1.54) is 6.08 Å². The smallest absolute Gasteiger partial charge is 0.247 e. The summed E-state index contributed by atoms with van der Waals surface area (Å²) in [6.45, 7) is 3.43. The van der Waals surface area contributed by atoms with E-state index in [2.05, 4.69) is 22.2 Å². The molecule has 0 spiro atoms. The minimum absolute atomic E-state index is 0.232. The number of rotatable bonds is 4. The fraction of sp³-hybridized carbons (Fsp3) is 0.0667. The molecule has 0 saturated heterocycles. The fourth-order valence-electron chi connectivity index (χ4n) is 1.77. The molecule has 0 atom stereocenters. The van der Waals surface area contributed by atoms with Gasteiger partial charge in [-0.1, -0.05) is 12.6 Å². The molecule has 0 fully saturated rings. The first-order valence-corrected chi connectivity index (χ1v) is 5.91. The third-order valence-corrected chi connectivity index (χ3v) is 2.68. The largest absolute Gasteiger partial charge is 0.388 e. The van der Waals surface area contributed by atoms with Gasteiger partial charge in [0, 0.05) is 30.2 Å². The SMILES string of the molecule is C=CC(=O)Nc1ccc(NC)c(-c2ccccn2)c1. The van der Waals surface area contributed by atoms with Crippen LogP contribution in [0.4, 0.5) is 11.4 Å². The predicted molar refractivity (Wildman–Crippen MR) is 78.0 cm³/mol. The third-order valence-electron chi connectivity index (χ3n) is 2.68. The summed E-state index contributed by atoms with van der Waals surface area (Å²) in [5.74, 6) is -0.232. The topological polar surface area (TPSA) is 54.0 Å². The minimum Gasteiger partial charge on any atom is -0.388 e. The molecule has 4 nitrogen and oxygen atoms in total. The number of carbonyl (C=O) groups is 1. The van der Waals surface area contributed by atoms with Gasteiger partial charge in [-0.15, -0.1) is 0 Å². The second kappa shape index (κ2) is 5.82. The van der Waals surface area contributed by atoms with Crippen molar-refractivity contribution in [2.75, 3.05) is 17.7 Å². The highest BCUT2D eigenvalue weighted by Crippen LogP contribution is 2.29. The number of nitrogens with zero attached hydrogens (tertiary/aromatic N) is 1. The van der Waals surface area contributed by atoms with Gasteiger partial charge in [0.1, 0.15) is 0 Å². The number of pyridine rings is 1. The van der Waals surface area contributed by atoms with Crippen LogP contribution in [0, 0.1) is 0 Å². The van der Waals surface area contributed by atoms with E-state index >= 15 is 0 Å². The van der Waals surface area contributed by atoms with Crippen molar-refractivity contribution in [3.8, 4) is 11.3 Å². The molecular weight excluding hydrogens is 238 g/mol. The highest BCUT2D eigenvalue weighted by Gasteiger charge is 2.07. The van der Waals surface area contributed by atoms with Crippen LogP contribution >= 0.6 is 0 Å². The van der Waals surface area contributed by atoms with Crippen molar-refractivity contribution < 1.29 is 4.79 Å². The van der Waals surface area contributed by atoms with E-state index in [1.807, 2.05) is 43.4 Å². The van der Waals surface area contributed by atoms with Crippen LogP contribution in [0.25, 0.3) is 11.3 Å². The Kier molecular flexibility index (Phi) is 3.93. The van der Waals surface area contributed by atoms with E-state index < -0.39 is 0 Å². The molecule has 2 rings (SSSR count). The summed E-state index contributed by atoms with van der Waals surface area (Å²) in [4.78, 5) is 15.6. The first-order valence-electron chi connectivity index (χ1n) is 5.91. The van der Waals surface area contributed by atoms with Gasteiger partial charge in [0.25, 0.3) is 0 Å². The average Bonchev–Trinajstić information content (AvgIpc) is 2.48. The number of nitrogens with one attached hydrogen (secondary N) is 2. The molecule has 1 heterocycles. The first-order chi connectivity index (χ1) is 9.24. The monoisotopic (exact) mass is 253 g/mol. The molecule has 4 heteroatoms. The first kappa shape index (κ1) is 12.8. The highest BCUT2D eigenvalue weighted by molar-refractivity contribution is 5.99. The molecule has 19 heavy (non-hydrogen) atoms. The van der Waals surface area contributed by atoms with Crippen LogP contribution in [0.5, 0.6) is 0 Å². The molecule has 0 bridgehead atoms. The van der Waals surface area contributed by atoms with E-state index in [0.29, 0.717) is 5.69 Å². The summed E-state index contributed by atoms with van der Waals surface area (Å²) in [7, 11) is 1.85. The normalized spacial score (nSPS) is 9.74. The Morgan fingerprint density at radius 2 is 2.16 bits per heavy atom. The van der Waals surface area contributed by atoms with Gasteiger partial charge in [0.05, 0.1) is 5.69 Å². The maximum Gasteiger partial charge on any atom is 0.247 e.